The summed E-state index contributed by atoms with van der Waals surface area (Å²) in [6.45, 7) is 11.2. The van der Waals surface area contributed by atoms with E-state index in [2.05, 4.69) is 31.0 Å². The Morgan fingerprint density at radius 3 is 2.28 bits per heavy atom. The van der Waals surface area contributed by atoms with Gasteiger partial charge >= 0.3 is 0 Å². The smallest absolute Gasteiger partial charge is 0.253 e. The lowest BCUT2D eigenvalue weighted by Crippen LogP contribution is -2.41. The molecule has 0 spiro atoms. The van der Waals surface area contributed by atoms with E-state index in [0.29, 0.717) is 18.5 Å². The number of hydrogen-bond acceptors (Lipinski definition) is 3. The lowest BCUT2D eigenvalue weighted by Gasteiger charge is -2.32. The minimum absolute atomic E-state index is 0.0149. The van der Waals surface area contributed by atoms with Gasteiger partial charge in [0.15, 0.2) is 0 Å². The molecule has 2 amide bonds. The average molecular weight is 345 g/mol. The molecule has 138 valence electrons. The molecular formula is C20H31N3O2. The number of carbonyl (C=O) groups is 2. The monoisotopic (exact) mass is 345 g/mol. The Hall–Kier alpha value is -2.04. The minimum Gasteiger partial charge on any atom is -0.369 e. The van der Waals surface area contributed by atoms with Crippen LogP contribution in [-0.2, 0) is 4.79 Å². The summed E-state index contributed by atoms with van der Waals surface area (Å²) >= 11 is 0. The molecule has 1 heterocycles. The highest BCUT2D eigenvalue weighted by Gasteiger charge is 2.23. The quantitative estimate of drug-likeness (QED) is 0.862. The van der Waals surface area contributed by atoms with E-state index in [1.807, 2.05) is 29.2 Å². The number of benzene rings is 1. The van der Waals surface area contributed by atoms with Crippen molar-refractivity contribution in [3.05, 3.63) is 29.8 Å². The van der Waals surface area contributed by atoms with Crippen LogP contribution < -0.4 is 10.2 Å². The number of anilines is 1. The van der Waals surface area contributed by atoms with Crippen molar-refractivity contribution in [1.82, 2.24) is 10.2 Å². The molecule has 25 heavy (non-hydrogen) atoms. The van der Waals surface area contributed by atoms with E-state index in [1.54, 1.807) is 6.92 Å². The molecular weight excluding hydrogens is 314 g/mol. The van der Waals surface area contributed by atoms with E-state index in [-0.39, 0.29) is 11.8 Å². The number of rotatable bonds is 6. The van der Waals surface area contributed by atoms with Gasteiger partial charge in [-0.15, -0.1) is 0 Å². The van der Waals surface area contributed by atoms with Crippen molar-refractivity contribution >= 4 is 17.5 Å². The van der Waals surface area contributed by atoms with Crippen molar-refractivity contribution in [3.63, 3.8) is 0 Å². The first-order chi connectivity index (χ1) is 11.9. The molecule has 1 aliphatic heterocycles. The molecule has 0 atom stereocenters. The third-order valence-electron chi connectivity index (χ3n) is 4.95. The zero-order valence-corrected chi connectivity index (χ0v) is 15.9. The predicted octanol–water partition coefficient (Wildman–Crippen LogP) is 2.91. The van der Waals surface area contributed by atoms with Crippen LogP contribution in [0.15, 0.2) is 24.3 Å². The van der Waals surface area contributed by atoms with Crippen LogP contribution in [0.25, 0.3) is 0 Å². The van der Waals surface area contributed by atoms with Crippen LogP contribution in [-0.4, -0.2) is 48.9 Å². The molecule has 0 radical (unpaired) electrons. The van der Waals surface area contributed by atoms with Crippen LogP contribution in [0.4, 0.5) is 5.69 Å². The first kappa shape index (κ1) is 19.3. The highest BCUT2D eigenvalue weighted by Crippen LogP contribution is 2.21. The van der Waals surface area contributed by atoms with E-state index >= 15 is 0 Å². The molecule has 1 aromatic carbocycles. The Bertz CT molecular complexity index is 575. The highest BCUT2D eigenvalue weighted by atomic mass is 16.2. The summed E-state index contributed by atoms with van der Waals surface area (Å²) in [6.07, 6.45) is 1.89. The standard InChI is InChI=1S/C20H31N3O2/c1-5-23(15(2)3)19-8-6-18(7-9-19)20(25)22-12-10-17(11-13-22)14-21-16(4)24/h6-9,15,17H,5,10-14H2,1-4H3,(H,21,24). The fourth-order valence-electron chi connectivity index (χ4n) is 3.45. The Morgan fingerprint density at radius 2 is 1.80 bits per heavy atom. The number of likely N-dealkylation sites (tertiary alicyclic amines) is 1. The van der Waals surface area contributed by atoms with E-state index in [4.69, 9.17) is 0 Å². The van der Waals surface area contributed by atoms with Crippen molar-refractivity contribution in [1.29, 1.82) is 0 Å². The number of hydrogen-bond donors (Lipinski definition) is 1. The number of carbonyl (C=O) groups excluding carboxylic acids is 2. The van der Waals surface area contributed by atoms with Gasteiger partial charge < -0.3 is 15.1 Å². The van der Waals surface area contributed by atoms with Gasteiger partial charge in [0.1, 0.15) is 0 Å². The third kappa shape index (κ3) is 5.21. The molecule has 5 heteroatoms. The second-order valence-corrected chi connectivity index (χ2v) is 7.10. The minimum atomic E-state index is 0.0149. The topological polar surface area (TPSA) is 52.7 Å². The summed E-state index contributed by atoms with van der Waals surface area (Å²) in [5.41, 5.74) is 1.91. The molecule has 0 aliphatic carbocycles. The largest absolute Gasteiger partial charge is 0.369 e. The van der Waals surface area contributed by atoms with Gasteiger partial charge in [-0.25, -0.2) is 0 Å². The van der Waals surface area contributed by atoms with Crippen molar-refractivity contribution in [2.75, 3.05) is 31.1 Å². The van der Waals surface area contributed by atoms with Crippen LogP contribution >= 0.6 is 0 Å². The fourth-order valence-corrected chi connectivity index (χ4v) is 3.45. The maximum Gasteiger partial charge on any atom is 0.253 e. The zero-order valence-electron chi connectivity index (χ0n) is 15.9. The molecule has 2 rings (SSSR count). The summed E-state index contributed by atoms with van der Waals surface area (Å²) in [5.74, 6) is 0.595. The van der Waals surface area contributed by atoms with Crippen LogP contribution in [0, 0.1) is 5.92 Å². The summed E-state index contributed by atoms with van der Waals surface area (Å²) in [7, 11) is 0. The second kappa shape index (κ2) is 8.88. The fraction of sp³-hybridized carbons (Fsp3) is 0.600. The Morgan fingerprint density at radius 1 is 1.20 bits per heavy atom. The molecule has 1 saturated heterocycles. The SMILES string of the molecule is CCN(c1ccc(C(=O)N2CCC(CNC(C)=O)CC2)cc1)C(C)C. The van der Waals surface area contributed by atoms with Crippen molar-refractivity contribution in [3.8, 4) is 0 Å². The number of amides is 2. The van der Waals surface area contributed by atoms with Crippen LogP contribution in [0.1, 0.15) is 50.9 Å². The number of nitrogens with one attached hydrogen (secondary N) is 1. The maximum atomic E-state index is 12.7. The number of piperidine rings is 1. The van der Waals surface area contributed by atoms with Gasteiger partial charge in [0.2, 0.25) is 5.91 Å². The molecule has 0 aromatic heterocycles. The lowest BCUT2D eigenvalue weighted by atomic mass is 9.96. The predicted molar refractivity (Wildman–Crippen MR) is 102 cm³/mol. The maximum absolute atomic E-state index is 12.7. The Labute approximate surface area is 151 Å². The van der Waals surface area contributed by atoms with Crippen LogP contribution in [0.3, 0.4) is 0 Å². The zero-order chi connectivity index (χ0) is 18.4. The molecule has 1 fully saturated rings. The average Bonchev–Trinajstić information content (AvgIpc) is 2.60. The van der Waals surface area contributed by atoms with Gasteiger partial charge in [-0.1, -0.05) is 0 Å². The van der Waals surface area contributed by atoms with E-state index in [1.165, 1.54) is 0 Å². The van der Waals surface area contributed by atoms with Gasteiger partial charge in [0.25, 0.3) is 5.91 Å². The van der Waals surface area contributed by atoms with Crippen LogP contribution in [0.2, 0.25) is 0 Å². The first-order valence-electron chi connectivity index (χ1n) is 9.32. The van der Waals surface area contributed by atoms with Gasteiger partial charge in [0, 0.05) is 50.4 Å². The number of nitrogens with zero attached hydrogens (tertiary/aromatic N) is 2. The molecule has 0 saturated carbocycles. The van der Waals surface area contributed by atoms with Crippen molar-refractivity contribution in [2.24, 2.45) is 5.92 Å². The van der Waals surface area contributed by atoms with Gasteiger partial charge in [-0.05, 0) is 63.8 Å². The van der Waals surface area contributed by atoms with Gasteiger partial charge in [-0.3, -0.25) is 9.59 Å². The summed E-state index contributed by atoms with van der Waals surface area (Å²) in [6, 6.07) is 8.40. The normalized spacial score (nSPS) is 15.3. The van der Waals surface area contributed by atoms with Gasteiger partial charge in [0.05, 0.1) is 0 Å². The van der Waals surface area contributed by atoms with Crippen molar-refractivity contribution in [2.45, 2.75) is 46.6 Å². The summed E-state index contributed by atoms with van der Waals surface area (Å²) in [5, 5.41) is 2.88. The van der Waals surface area contributed by atoms with E-state index in [0.717, 1.165) is 43.7 Å². The molecule has 5 nitrogen and oxygen atoms in total. The Kier molecular flexibility index (Phi) is 6.85. The van der Waals surface area contributed by atoms with Crippen molar-refractivity contribution < 1.29 is 9.59 Å². The molecule has 0 unspecified atom stereocenters. The van der Waals surface area contributed by atoms with Crippen LogP contribution in [0.5, 0.6) is 0 Å². The third-order valence-corrected chi connectivity index (χ3v) is 4.95. The second-order valence-electron chi connectivity index (χ2n) is 7.10. The molecule has 0 bridgehead atoms. The molecule has 1 aliphatic rings. The highest BCUT2D eigenvalue weighted by molar-refractivity contribution is 5.94. The Balaban J connectivity index is 1.92. The van der Waals surface area contributed by atoms with E-state index in [9.17, 15) is 9.59 Å². The van der Waals surface area contributed by atoms with E-state index < -0.39 is 0 Å². The molecule has 1 N–H and O–H groups in total. The summed E-state index contributed by atoms with van der Waals surface area (Å²) < 4.78 is 0. The first-order valence-corrected chi connectivity index (χ1v) is 9.32. The van der Waals surface area contributed by atoms with Gasteiger partial charge in [-0.2, -0.15) is 0 Å². The summed E-state index contributed by atoms with van der Waals surface area (Å²) in [4.78, 5) is 27.9. The molecule has 1 aromatic rings. The lowest BCUT2D eigenvalue weighted by molar-refractivity contribution is -0.119.